The van der Waals surface area contributed by atoms with Gasteiger partial charge in [-0.1, -0.05) is 120 Å². The first-order chi connectivity index (χ1) is 15.6. The Kier molecular flexibility index (Phi) is 33.2. The second-order valence-corrected chi connectivity index (χ2v) is 8.04. The normalized spacial score (nSPS) is 13.1. The number of ether oxygens (including phenoxy) is 1. The van der Waals surface area contributed by atoms with Crippen molar-refractivity contribution in [3.05, 3.63) is 0 Å². The van der Waals surface area contributed by atoms with Crippen molar-refractivity contribution in [1.82, 2.24) is 4.90 Å². The van der Waals surface area contributed by atoms with E-state index in [1.165, 1.54) is 57.8 Å². The van der Waals surface area contributed by atoms with Gasteiger partial charge >= 0.3 is 5.97 Å². The summed E-state index contributed by atoms with van der Waals surface area (Å²) < 4.78 is 5.55. The second kappa shape index (κ2) is 29.9. The highest BCUT2D eigenvalue weighted by Crippen LogP contribution is 2.14. The summed E-state index contributed by atoms with van der Waals surface area (Å²) in [6.45, 7) is 18.0. The first kappa shape index (κ1) is 35.5. The van der Waals surface area contributed by atoms with Gasteiger partial charge in [-0.05, 0) is 19.3 Å². The minimum atomic E-state index is -0.141. The summed E-state index contributed by atoms with van der Waals surface area (Å²) in [5, 5.41) is 0. The molecule has 0 radical (unpaired) electrons. The number of esters is 1. The van der Waals surface area contributed by atoms with Crippen LogP contribution in [0.1, 0.15) is 152 Å². The third-order valence-corrected chi connectivity index (χ3v) is 5.33. The lowest BCUT2D eigenvalue weighted by Crippen LogP contribution is -2.35. The zero-order valence-electron chi connectivity index (χ0n) is 23.3. The number of carbonyl (C=O) groups excluding carboxylic acids is 2. The quantitative estimate of drug-likeness (QED) is 0.182. The summed E-state index contributed by atoms with van der Waals surface area (Å²) in [6.07, 6.45) is 16.6. The van der Waals surface area contributed by atoms with Crippen LogP contribution in [0.15, 0.2) is 0 Å². The lowest BCUT2D eigenvalue weighted by molar-refractivity contribution is -0.151. The number of hydrogen-bond acceptors (Lipinski definition) is 3. The Labute approximate surface area is 202 Å². The third kappa shape index (κ3) is 23.6. The Morgan fingerprint density at radius 3 is 1.72 bits per heavy atom. The van der Waals surface area contributed by atoms with E-state index >= 15 is 0 Å². The third-order valence-electron chi connectivity index (χ3n) is 5.33. The van der Waals surface area contributed by atoms with Crippen molar-refractivity contribution in [2.75, 3.05) is 13.1 Å². The van der Waals surface area contributed by atoms with Gasteiger partial charge in [-0.25, -0.2) is 0 Å². The molecule has 1 atom stereocenters. The molecule has 1 rings (SSSR count). The van der Waals surface area contributed by atoms with Crippen LogP contribution >= 0.6 is 0 Å². The standard InChI is InChI=1S/C20H37NO3.C4H10.2C2H6/c1-3-5-6-7-8-9-10-11-12-15-20(23)24-18(4-2)17-21-16-13-14-19(21)22;1-3-4-2;2*1-2/h18H,3-17H2,1-2H3;3-4H2,1-2H3;2*1-2H3. The van der Waals surface area contributed by atoms with E-state index in [4.69, 9.17) is 4.74 Å². The maximum atomic E-state index is 11.9. The molecule has 1 heterocycles. The fraction of sp³-hybridized carbons (Fsp3) is 0.929. The topological polar surface area (TPSA) is 46.6 Å². The van der Waals surface area contributed by atoms with Crippen LogP contribution in [-0.2, 0) is 14.3 Å². The molecule has 0 aromatic rings. The minimum absolute atomic E-state index is 0.101. The van der Waals surface area contributed by atoms with E-state index in [2.05, 4.69) is 20.8 Å². The van der Waals surface area contributed by atoms with Crippen LogP contribution in [0.2, 0.25) is 0 Å². The molecule has 1 unspecified atom stereocenters. The predicted octanol–water partition coefficient (Wildman–Crippen LogP) is 8.71. The van der Waals surface area contributed by atoms with Gasteiger partial charge in [0.15, 0.2) is 0 Å². The van der Waals surface area contributed by atoms with Crippen LogP contribution in [0.25, 0.3) is 0 Å². The molecule has 1 amide bonds. The molecule has 0 N–H and O–H groups in total. The summed E-state index contributed by atoms with van der Waals surface area (Å²) in [5.74, 6) is 0.0971. The van der Waals surface area contributed by atoms with Crippen molar-refractivity contribution in [2.24, 2.45) is 0 Å². The van der Waals surface area contributed by atoms with Crippen molar-refractivity contribution in [2.45, 2.75) is 158 Å². The Morgan fingerprint density at radius 1 is 0.812 bits per heavy atom. The molecular formula is C28H59NO3. The molecule has 194 valence electrons. The van der Waals surface area contributed by atoms with Crippen LogP contribution in [-0.4, -0.2) is 36.0 Å². The Bertz CT molecular complexity index is 383. The first-order valence-electron chi connectivity index (χ1n) is 14.1. The Hall–Kier alpha value is -1.06. The van der Waals surface area contributed by atoms with Gasteiger partial charge in [0.25, 0.3) is 0 Å². The van der Waals surface area contributed by atoms with E-state index < -0.39 is 0 Å². The number of hydrogen-bond donors (Lipinski definition) is 0. The molecular weight excluding hydrogens is 398 g/mol. The van der Waals surface area contributed by atoms with Gasteiger partial charge in [-0.3, -0.25) is 9.59 Å². The SMILES string of the molecule is CC.CC.CCCC.CCCCCCCCCCCC(=O)OC(CC)CN1CCCC1=O. The van der Waals surface area contributed by atoms with Gasteiger partial charge in [0.1, 0.15) is 6.10 Å². The van der Waals surface area contributed by atoms with E-state index in [-0.39, 0.29) is 18.0 Å². The largest absolute Gasteiger partial charge is 0.460 e. The van der Waals surface area contributed by atoms with Gasteiger partial charge in [-0.15, -0.1) is 0 Å². The molecule has 0 bridgehead atoms. The molecule has 1 aliphatic heterocycles. The summed E-state index contributed by atoms with van der Waals surface area (Å²) in [7, 11) is 0. The molecule has 4 heteroatoms. The number of rotatable bonds is 15. The molecule has 0 spiro atoms. The summed E-state index contributed by atoms with van der Waals surface area (Å²) in [5.41, 5.74) is 0. The monoisotopic (exact) mass is 457 g/mol. The van der Waals surface area contributed by atoms with Gasteiger partial charge in [-0.2, -0.15) is 0 Å². The fourth-order valence-electron chi connectivity index (χ4n) is 3.22. The van der Waals surface area contributed by atoms with E-state index in [1.807, 2.05) is 39.5 Å². The lowest BCUT2D eigenvalue weighted by atomic mass is 10.1. The van der Waals surface area contributed by atoms with Gasteiger partial charge < -0.3 is 9.64 Å². The van der Waals surface area contributed by atoms with Gasteiger partial charge in [0, 0.05) is 19.4 Å². The molecule has 32 heavy (non-hydrogen) atoms. The molecule has 0 aliphatic carbocycles. The predicted molar refractivity (Wildman–Crippen MR) is 141 cm³/mol. The number of carbonyl (C=O) groups is 2. The number of unbranched alkanes of at least 4 members (excludes halogenated alkanes) is 9. The maximum absolute atomic E-state index is 11.9. The fourth-order valence-corrected chi connectivity index (χ4v) is 3.22. The van der Waals surface area contributed by atoms with Gasteiger partial charge in [0.2, 0.25) is 5.91 Å². The minimum Gasteiger partial charge on any atom is -0.460 e. The van der Waals surface area contributed by atoms with Crippen molar-refractivity contribution in [1.29, 1.82) is 0 Å². The van der Waals surface area contributed by atoms with Crippen LogP contribution in [0.3, 0.4) is 0 Å². The molecule has 0 aromatic carbocycles. The molecule has 1 saturated heterocycles. The van der Waals surface area contributed by atoms with Crippen molar-refractivity contribution >= 4 is 11.9 Å². The molecule has 0 aromatic heterocycles. The summed E-state index contributed by atoms with van der Waals surface area (Å²) >= 11 is 0. The molecule has 4 nitrogen and oxygen atoms in total. The Morgan fingerprint density at radius 2 is 1.31 bits per heavy atom. The highest BCUT2D eigenvalue weighted by atomic mass is 16.5. The average molecular weight is 458 g/mol. The smallest absolute Gasteiger partial charge is 0.306 e. The zero-order valence-corrected chi connectivity index (χ0v) is 23.3. The van der Waals surface area contributed by atoms with E-state index in [1.54, 1.807) is 0 Å². The van der Waals surface area contributed by atoms with E-state index in [0.717, 1.165) is 32.2 Å². The van der Waals surface area contributed by atoms with E-state index in [0.29, 0.717) is 19.4 Å². The summed E-state index contributed by atoms with van der Waals surface area (Å²) in [6, 6.07) is 0. The highest BCUT2D eigenvalue weighted by Gasteiger charge is 2.24. The second-order valence-electron chi connectivity index (χ2n) is 8.04. The van der Waals surface area contributed by atoms with Gasteiger partial charge in [0.05, 0.1) is 6.54 Å². The first-order valence-corrected chi connectivity index (χ1v) is 14.1. The van der Waals surface area contributed by atoms with Crippen LogP contribution in [0, 0.1) is 0 Å². The van der Waals surface area contributed by atoms with Crippen LogP contribution < -0.4 is 0 Å². The molecule has 1 aliphatic rings. The highest BCUT2D eigenvalue weighted by molar-refractivity contribution is 5.78. The maximum Gasteiger partial charge on any atom is 0.306 e. The summed E-state index contributed by atoms with van der Waals surface area (Å²) in [4.78, 5) is 25.4. The number of amides is 1. The van der Waals surface area contributed by atoms with Crippen molar-refractivity contribution in [3.8, 4) is 0 Å². The molecule has 1 fully saturated rings. The average Bonchev–Trinajstić information content (AvgIpc) is 3.24. The van der Waals surface area contributed by atoms with Crippen molar-refractivity contribution < 1.29 is 14.3 Å². The van der Waals surface area contributed by atoms with Crippen LogP contribution in [0.4, 0.5) is 0 Å². The van der Waals surface area contributed by atoms with Crippen molar-refractivity contribution in [3.63, 3.8) is 0 Å². The lowest BCUT2D eigenvalue weighted by Gasteiger charge is -2.23. The zero-order chi connectivity index (χ0) is 25.0. The van der Waals surface area contributed by atoms with E-state index in [9.17, 15) is 9.59 Å². The number of nitrogens with zero attached hydrogens (tertiary/aromatic N) is 1. The van der Waals surface area contributed by atoms with Crippen LogP contribution in [0.5, 0.6) is 0 Å². The molecule has 0 saturated carbocycles. The number of likely N-dealkylation sites (tertiary alicyclic amines) is 1. The Balaban J connectivity index is -0.000000920.